The first-order valence-electron chi connectivity index (χ1n) is 5.84. The van der Waals surface area contributed by atoms with Crippen LogP contribution in [0.3, 0.4) is 0 Å². The Hall–Kier alpha value is -0.350. The minimum absolute atomic E-state index is 0.864. The summed E-state index contributed by atoms with van der Waals surface area (Å²) in [6.45, 7) is 2.96. The molecule has 1 aromatic carbocycles. The van der Waals surface area contributed by atoms with Gasteiger partial charge < -0.3 is 0 Å². The maximum absolute atomic E-state index is 5.97. The molecule has 1 aromatic heterocycles. The molecule has 2 rings (SSSR count). The van der Waals surface area contributed by atoms with Gasteiger partial charge in [-0.25, -0.2) is 0 Å². The van der Waals surface area contributed by atoms with Crippen molar-refractivity contribution in [3.63, 3.8) is 0 Å². The van der Waals surface area contributed by atoms with Crippen LogP contribution in [-0.2, 0) is 13.1 Å². The molecule has 4 heteroatoms. The number of alkyl halides is 1. The van der Waals surface area contributed by atoms with Crippen molar-refractivity contribution < 1.29 is 0 Å². The van der Waals surface area contributed by atoms with Crippen LogP contribution in [0.1, 0.15) is 10.4 Å². The van der Waals surface area contributed by atoms with E-state index < -0.39 is 0 Å². The summed E-state index contributed by atoms with van der Waals surface area (Å²) in [5.74, 6) is 0. The molecule has 0 atom stereocenters. The van der Waals surface area contributed by atoms with E-state index in [1.54, 1.807) is 11.3 Å². The molecule has 0 saturated heterocycles. The lowest BCUT2D eigenvalue weighted by Crippen LogP contribution is -2.24. The van der Waals surface area contributed by atoms with Crippen LogP contribution in [0.25, 0.3) is 0 Å². The third-order valence-corrected chi connectivity index (χ3v) is 4.23. The Bertz CT molecular complexity index is 472. The summed E-state index contributed by atoms with van der Waals surface area (Å²) in [7, 11) is 0. The minimum atomic E-state index is 0.864. The molecular formula is C14H15BrClNS. The Morgan fingerprint density at radius 2 is 1.83 bits per heavy atom. The van der Waals surface area contributed by atoms with E-state index in [0.29, 0.717) is 0 Å². The summed E-state index contributed by atoms with van der Waals surface area (Å²) in [5.41, 5.74) is 1.35. The van der Waals surface area contributed by atoms with Crippen LogP contribution in [0.4, 0.5) is 0 Å². The normalized spacial score (nSPS) is 11.1. The zero-order valence-electron chi connectivity index (χ0n) is 9.98. The van der Waals surface area contributed by atoms with Crippen LogP contribution in [-0.4, -0.2) is 16.8 Å². The quantitative estimate of drug-likeness (QED) is 0.680. The van der Waals surface area contributed by atoms with Gasteiger partial charge in [-0.2, -0.15) is 0 Å². The van der Waals surface area contributed by atoms with Crippen LogP contribution >= 0.6 is 38.9 Å². The Labute approximate surface area is 126 Å². The summed E-state index contributed by atoms with van der Waals surface area (Å²) in [5, 5.41) is 0.985. The lowest BCUT2D eigenvalue weighted by molar-refractivity contribution is 0.277. The predicted octanol–water partition coefficient (Wildman–Crippen LogP) is 4.80. The minimum Gasteiger partial charge on any atom is -0.293 e. The lowest BCUT2D eigenvalue weighted by atomic mass is 10.2. The molecule has 1 heterocycles. The van der Waals surface area contributed by atoms with E-state index in [2.05, 4.69) is 57.2 Å². The van der Waals surface area contributed by atoms with E-state index in [0.717, 1.165) is 29.3 Å². The maximum Gasteiger partial charge on any atom is 0.0931 e. The molecule has 0 aliphatic heterocycles. The van der Waals surface area contributed by atoms with Crippen molar-refractivity contribution in [1.29, 1.82) is 0 Å². The highest BCUT2D eigenvalue weighted by molar-refractivity contribution is 9.09. The maximum atomic E-state index is 5.97. The topological polar surface area (TPSA) is 3.24 Å². The first-order chi connectivity index (χ1) is 8.78. The molecule has 0 spiro atoms. The van der Waals surface area contributed by atoms with Crippen LogP contribution in [0, 0.1) is 0 Å². The number of halogens is 2. The Morgan fingerprint density at radius 3 is 2.44 bits per heavy atom. The van der Waals surface area contributed by atoms with E-state index >= 15 is 0 Å². The van der Waals surface area contributed by atoms with Crippen LogP contribution in [0.2, 0.25) is 4.34 Å². The molecule has 0 aliphatic rings. The van der Waals surface area contributed by atoms with Gasteiger partial charge in [-0.05, 0) is 17.7 Å². The van der Waals surface area contributed by atoms with E-state index in [1.807, 2.05) is 6.07 Å². The van der Waals surface area contributed by atoms with Crippen molar-refractivity contribution in [2.75, 3.05) is 11.9 Å². The van der Waals surface area contributed by atoms with Gasteiger partial charge in [0.1, 0.15) is 0 Å². The average molecular weight is 345 g/mol. The van der Waals surface area contributed by atoms with Crippen LogP contribution in [0.5, 0.6) is 0 Å². The van der Waals surface area contributed by atoms with Crippen LogP contribution in [0.15, 0.2) is 42.5 Å². The van der Waals surface area contributed by atoms with Gasteiger partial charge in [0.25, 0.3) is 0 Å². The Balaban J connectivity index is 1.99. The first-order valence-corrected chi connectivity index (χ1v) is 8.16. The highest BCUT2D eigenvalue weighted by atomic mass is 79.9. The summed E-state index contributed by atoms with van der Waals surface area (Å²) >= 11 is 11.2. The molecule has 2 aromatic rings. The largest absolute Gasteiger partial charge is 0.293 e. The van der Waals surface area contributed by atoms with Crippen molar-refractivity contribution in [2.24, 2.45) is 0 Å². The van der Waals surface area contributed by atoms with E-state index in [-0.39, 0.29) is 0 Å². The Kier molecular flexibility index (Phi) is 5.70. The molecule has 96 valence electrons. The second-order valence-corrected chi connectivity index (χ2v) is 6.68. The number of benzene rings is 1. The number of hydrogen-bond acceptors (Lipinski definition) is 2. The Morgan fingerprint density at radius 1 is 1.06 bits per heavy atom. The van der Waals surface area contributed by atoms with E-state index in [4.69, 9.17) is 11.6 Å². The molecule has 0 unspecified atom stereocenters. The predicted molar refractivity (Wildman–Crippen MR) is 83.7 cm³/mol. The zero-order chi connectivity index (χ0) is 12.8. The van der Waals surface area contributed by atoms with Gasteiger partial charge in [-0.3, -0.25) is 4.90 Å². The van der Waals surface area contributed by atoms with Crippen molar-refractivity contribution in [3.8, 4) is 0 Å². The highest BCUT2D eigenvalue weighted by Gasteiger charge is 2.08. The van der Waals surface area contributed by atoms with Gasteiger partial charge >= 0.3 is 0 Å². The number of rotatable bonds is 6. The standard InChI is InChI=1S/C14H15BrClNS/c15-8-9-17(10-12-4-2-1-3-5-12)11-13-6-7-14(16)18-13/h1-7H,8-11H2. The van der Waals surface area contributed by atoms with Gasteiger partial charge in [-0.15, -0.1) is 11.3 Å². The number of thiophene rings is 1. The molecule has 18 heavy (non-hydrogen) atoms. The van der Waals surface area contributed by atoms with Gasteiger partial charge in [0.05, 0.1) is 4.34 Å². The second-order valence-electron chi connectivity index (χ2n) is 4.09. The molecule has 0 bridgehead atoms. The molecule has 0 N–H and O–H groups in total. The van der Waals surface area contributed by atoms with Crippen LogP contribution < -0.4 is 0 Å². The van der Waals surface area contributed by atoms with E-state index in [9.17, 15) is 0 Å². The summed E-state index contributed by atoms with van der Waals surface area (Å²) < 4.78 is 0.864. The van der Waals surface area contributed by atoms with Gasteiger partial charge in [0.15, 0.2) is 0 Å². The molecule has 0 amide bonds. The fourth-order valence-corrected chi connectivity index (χ4v) is 3.46. The fraction of sp³-hybridized carbons (Fsp3) is 0.286. The molecule has 0 saturated carbocycles. The third kappa shape index (κ3) is 4.39. The number of nitrogens with zero attached hydrogens (tertiary/aromatic N) is 1. The van der Waals surface area contributed by atoms with Crippen molar-refractivity contribution >= 4 is 38.9 Å². The summed E-state index contributed by atoms with van der Waals surface area (Å²) in [4.78, 5) is 3.74. The van der Waals surface area contributed by atoms with Crippen molar-refractivity contribution in [3.05, 3.63) is 57.2 Å². The van der Waals surface area contributed by atoms with Gasteiger partial charge in [0, 0.05) is 29.8 Å². The third-order valence-electron chi connectivity index (χ3n) is 2.66. The van der Waals surface area contributed by atoms with Gasteiger partial charge in [-0.1, -0.05) is 57.9 Å². The lowest BCUT2D eigenvalue weighted by Gasteiger charge is -2.20. The fourth-order valence-electron chi connectivity index (χ4n) is 1.83. The highest BCUT2D eigenvalue weighted by Crippen LogP contribution is 2.23. The smallest absolute Gasteiger partial charge is 0.0931 e. The second kappa shape index (κ2) is 7.29. The summed E-state index contributed by atoms with van der Waals surface area (Å²) in [6.07, 6.45) is 0. The monoisotopic (exact) mass is 343 g/mol. The zero-order valence-corrected chi connectivity index (χ0v) is 13.1. The number of hydrogen-bond donors (Lipinski definition) is 0. The van der Waals surface area contributed by atoms with Crippen molar-refractivity contribution in [1.82, 2.24) is 4.90 Å². The molecular weight excluding hydrogens is 330 g/mol. The molecule has 0 aliphatic carbocycles. The average Bonchev–Trinajstić information content (AvgIpc) is 2.76. The SMILES string of the molecule is Clc1ccc(CN(CCBr)Cc2ccccc2)s1. The van der Waals surface area contributed by atoms with E-state index in [1.165, 1.54) is 10.4 Å². The molecule has 0 radical (unpaired) electrons. The molecule has 0 fully saturated rings. The first kappa shape index (κ1) is 14.1. The molecule has 1 nitrogen and oxygen atoms in total. The summed E-state index contributed by atoms with van der Waals surface area (Å²) in [6, 6.07) is 14.6. The van der Waals surface area contributed by atoms with Gasteiger partial charge in [0.2, 0.25) is 0 Å². The van der Waals surface area contributed by atoms with Crippen molar-refractivity contribution in [2.45, 2.75) is 13.1 Å².